The molecule has 0 atom stereocenters. The third kappa shape index (κ3) is 3.47. The van der Waals surface area contributed by atoms with E-state index in [4.69, 9.17) is 16.3 Å². The van der Waals surface area contributed by atoms with Crippen molar-refractivity contribution in [2.75, 3.05) is 7.11 Å². The molecule has 0 saturated heterocycles. The summed E-state index contributed by atoms with van der Waals surface area (Å²) < 4.78 is 19.1. The van der Waals surface area contributed by atoms with Crippen molar-refractivity contribution in [2.24, 2.45) is 0 Å². The highest BCUT2D eigenvalue weighted by atomic mass is 79.9. The fourth-order valence-electron chi connectivity index (χ4n) is 1.83. The molecular formula is C15H10Br2ClFO2. The first-order valence-corrected chi connectivity index (χ1v) is 8.19. The molecule has 2 aromatic carbocycles. The highest BCUT2D eigenvalue weighted by molar-refractivity contribution is 9.10. The van der Waals surface area contributed by atoms with Crippen LogP contribution in [0.25, 0.3) is 0 Å². The Morgan fingerprint density at radius 2 is 2.00 bits per heavy atom. The average molecular weight is 437 g/mol. The fourth-order valence-corrected chi connectivity index (χ4v) is 3.02. The summed E-state index contributed by atoms with van der Waals surface area (Å²) in [6.07, 6.45) is 0. The number of carbonyl (C=O) groups excluding carboxylic acids is 1. The summed E-state index contributed by atoms with van der Waals surface area (Å²) in [4.78, 5) is 12.6. The average Bonchev–Trinajstić information content (AvgIpc) is 2.46. The third-order valence-corrected chi connectivity index (χ3v) is 4.53. The van der Waals surface area contributed by atoms with Crippen LogP contribution in [-0.4, -0.2) is 12.9 Å². The second-order valence-electron chi connectivity index (χ2n) is 4.24. The monoisotopic (exact) mass is 434 g/mol. The lowest BCUT2D eigenvalue weighted by Crippen LogP contribution is -2.05. The van der Waals surface area contributed by atoms with Gasteiger partial charge in [0.15, 0.2) is 17.3 Å². The summed E-state index contributed by atoms with van der Waals surface area (Å²) in [7, 11) is 1.33. The Morgan fingerprint density at radius 3 is 2.57 bits per heavy atom. The van der Waals surface area contributed by atoms with E-state index in [1.54, 1.807) is 6.07 Å². The number of alkyl halides is 1. The van der Waals surface area contributed by atoms with Gasteiger partial charge in [-0.1, -0.05) is 49.5 Å². The molecule has 0 fully saturated rings. The molecule has 0 aliphatic carbocycles. The van der Waals surface area contributed by atoms with Gasteiger partial charge < -0.3 is 4.74 Å². The van der Waals surface area contributed by atoms with E-state index in [0.717, 1.165) is 11.6 Å². The van der Waals surface area contributed by atoms with E-state index in [1.807, 2.05) is 12.1 Å². The first-order chi connectivity index (χ1) is 9.97. The fraction of sp³-hybridized carbons (Fsp3) is 0.133. The SMILES string of the molecule is COc1cc(C(=O)c2ccc(CBr)cc2Br)c(Cl)cc1F. The predicted molar refractivity (Wildman–Crippen MR) is 88.2 cm³/mol. The van der Waals surface area contributed by atoms with Gasteiger partial charge in [0.25, 0.3) is 0 Å². The number of halogens is 4. The summed E-state index contributed by atoms with van der Waals surface area (Å²) in [5.41, 5.74) is 1.68. The predicted octanol–water partition coefficient (Wildman–Crippen LogP) is 5.38. The van der Waals surface area contributed by atoms with Crippen LogP contribution in [0.4, 0.5) is 4.39 Å². The molecule has 0 saturated carbocycles. The normalized spacial score (nSPS) is 10.5. The first-order valence-electron chi connectivity index (χ1n) is 5.90. The van der Waals surface area contributed by atoms with E-state index in [0.29, 0.717) is 15.4 Å². The van der Waals surface area contributed by atoms with Crippen LogP contribution in [-0.2, 0) is 5.33 Å². The minimum absolute atomic E-state index is 0.0176. The summed E-state index contributed by atoms with van der Waals surface area (Å²) in [5, 5.41) is 0.736. The highest BCUT2D eigenvalue weighted by Crippen LogP contribution is 2.30. The zero-order valence-corrected chi connectivity index (χ0v) is 14.9. The van der Waals surface area contributed by atoms with Crippen LogP contribution in [0, 0.1) is 5.82 Å². The minimum atomic E-state index is -0.604. The van der Waals surface area contributed by atoms with Crippen LogP contribution in [0.5, 0.6) is 5.75 Å². The molecule has 0 unspecified atom stereocenters. The standard InChI is InChI=1S/C15H10Br2ClFO2/c1-21-14-5-10(12(18)6-13(14)19)15(20)9-3-2-8(7-16)4-11(9)17/h2-6H,7H2,1H3. The summed E-state index contributed by atoms with van der Waals surface area (Å²) in [5.74, 6) is -0.921. The molecule has 110 valence electrons. The molecule has 0 aliphatic rings. The molecule has 0 bridgehead atoms. The van der Waals surface area contributed by atoms with Crippen molar-refractivity contribution in [3.63, 3.8) is 0 Å². The molecule has 0 heterocycles. The maximum Gasteiger partial charge on any atom is 0.195 e. The molecule has 2 nitrogen and oxygen atoms in total. The second kappa shape index (κ2) is 6.90. The molecule has 0 aliphatic heterocycles. The number of rotatable bonds is 4. The third-order valence-electron chi connectivity index (χ3n) is 2.92. The first kappa shape index (κ1) is 16.5. The summed E-state index contributed by atoms with van der Waals surface area (Å²) >= 11 is 12.7. The molecule has 21 heavy (non-hydrogen) atoms. The van der Waals surface area contributed by atoms with Crippen LogP contribution in [0.1, 0.15) is 21.5 Å². The van der Waals surface area contributed by atoms with E-state index in [1.165, 1.54) is 13.2 Å². The van der Waals surface area contributed by atoms with Gasteiger partial charge in [-0.3, -0.25) is 4.79 Å². The van der Waals surface area contributed by atoms with Crippen molar-refractivity contribution in [1.82, 2.24) is 0 Å². The molecule has 0 spiro atoms. The largest absolute Gasteiger partial charge is 0.494 e. The van der Waals surface area contributed by atoms with E-state index >= 15 is 0 Å². The molecule has 6 heteroatoms. The molecule has 0 aromatic heterocycles. The number of ketones is 1. The summed E-state index contributed by atoms with van der Waals surface area (Å²) in [6, 6.07) is 7.77. The molecular weight excluding hydrogens is 426 g/mol. The van der Waals surface area contributed by atoms with Gasteiger partial charge in [-0.25, -0.2) is 4.39 Å². The van der Waals surface area contributed by atoms with Gasteiger partial charge in [0.2, 0.25) is 0 Å². The number of benzene rings is 2. The Morgan fingerprint density at radius 1 is 1.29 bits per heavy atom. The Balaban J connectivity index is 2.49. The van der Waals surface area contributed by atoms with Crippen LogP contribution < -0.4 is 4.74 Å². The van der Waals surface area contributed by atoms with Crippen LogP contribution in [0.15, 0.2) is 34.8 Å². The Bertz CT molecular complexity index is 704. The van der Waals surface area contributed by atoms with Gasteiger partial charge in [-0.15, -0.1) is 0 Å². The Labute approximate surface area is 143 Å². The van der Waals surface area contributed by atoms with Crippen LogP contribution >= 0.6 is 43.5 Å². The molecule has 0 amide bonds. The Hall–Kier alpha value is -0.910. The maximum atomic E-state index is 13.5. The van der Waals surface area contributed by atoms with Gasteiger partial charge in [0, 0.05) is 20.9 Å². The Kier molecular flexibility index (Phi) is 5.41. The van der Waals surface area contributed by atoms with E-state index in [2.05, 4.69) is 31.9 Å². The quantitative estimate of drug-likeness (QED) is 0.475. The zero-order valence-electron chi connectivity index (χ0n) is 10.9. The lowest BCUT2D eigenvalue weighted by atomic mass is 10.0. The van der Waals surface area contributed by atoms with E-state index in [-0.39, 0.29) is 22.1 Å². The van der Waals surface area contributed by atoms with Gasteiger partial charge >= 0.3 is 0 Å². The highest BCUT2D eigenvalue weighted by Gasteiger charge is 2.19. The van der Waals surface area contributed by atoms with Gasteiger partial charge in [-0.05, 0) is 29.8 Å². The van der Waals surface area contributed by atoms with Crippen molar-refractivity contribution in [1.29, 1.82) is 0 Å². The van der Waals surface area contributed by atoms with Crippen molar-refractivity contribution >= 4 is 49.2 Å². The second-order valence-corrected chi connectivity index (χ2v) is 6.07. The molecule has 0 N–H and O–H groups in total. The lowest BCUT2D eigenvalue weighted by molar-refractivity contribution is 0.103. The lowest BCUT2D eigenvalue weighted by Gasteiger charge is -2.09. The van der Waals surface area contributed by atoms with Crippen molar-refractivity contribution in [3.05, 3.63) is 62.3 Å². The van der Waals surface area contributed by atoms with Crippen molar-refractivity contribution < 1.29 is 13.9 Å². The van der Waals surface area contributed by atoms with Crippen LogP contribution in [0.2, 0.25) is 5.02 Å². The van der Waals surface area contributed by atoms with Gasteiger partial charge in [-0.2, -0.15) is 0 Å². The van der Waals surface area contributed by atoms with Crippen molar-refractivity contribution in [3.8, 4) is 5.75 Å². The maximum absolute atomic E-state index is 13.5. The topological polar surface area (TPSA) is 26.3 Å². The number of carbonyl (C=O) groups is 1. The summed E-state index contributed by atoms with van der Waals surface area (Å²) in [6.45, 7) is 0. The van der Waals surface area contributed by atoms with Gasteiger partial charge in [0.05, 0.1) is 12.1 Å². The molecule has 2 rings (SSSR count). The number of ether oxygens (including phenoxy) is 1. The molecule has 2 aromatic rings. The van der Waals surface area contributed by atoms with Crippen LogP contribution in [0.3, 0.4) is 0 Å². The number of hydrogen-bond acceptors (Lipinski definition) is 2. The minimum Gasteiger partial charge on any atom is -0.494 e. The van der Waals surface area contributed by atoms with Gasteiger partial charge in [0.1, 0.15) is 0 Å². The zero-order chi connectivity index (χ0) is 15.6. The van der Waals surface area contributed by atoms with E-state index in [9.17, 15) is 9.18 Å². The number of hydrogen-bond donors (Lipinski definition) is 0. The smallest absolute Gasteiger partial charge is 0.195 e. The van der Waals surface area contributed by atoms with Crippen molar-refractivity contribution in [2.45, 2.75) is 5.33 Å². The van der Waals surface area contributed by atoms with E-state index < -0.39 is 5.82 Å². The number of methoxy groups -OCH3 is 1. The molecule has 0 radical (unpaired) electrons.